The summed E-state index contributed by atoms with van der Waals surface area (Å²) in [5.74, 6) is -0.0593. The van der Waals surface area contributed by atoms with Gasteiger partial charge in [0.05, 0.1) is 6.20 Å². The van der Waals surface area contributed by atoms with Crippen molar-refractivity contribution in [1.82, 2.24) is 15.1 Å². The minimum atomic E-state index is -0.396. The summed E-state index contributed by atoms with van der Waals surface area (Å²) in [6.45, 7) is 3.92. The Morgan fingerprint density at radius 3 is 2.81 bits per heavy atom. The van der Waals surface area contributed by atoms with E-state index in [1.54, 1.807) is 0 Å². The monoisotopic (exact) mass is 222 g/mol. The molecule has 0 aliphatic carbocycles. The average molecular weight is 222 g/mol. The zero-order valence-electron chi connectivity index (χ0n) is 8.94. The first-order chi connectivity index (χ1) is 7.65. The second-order valence-electron chi connectivity index (χ2n) is 3.58. The Morgan fingerprint density at radius 2 is 2.19 bits per heavy atom. The number of nitrogens with one attached hydrogen (secondary N) is 1. The van der Waals surface area contributed by atoms with E-state index in [1.165, 1.54) is 12.1 Å². The van der Waals surface area contributed by atoms with E-state index in [9.17, 15) is 4.39 Å². The van der Waals surface area contributed by atoms with Gasteiger partial charge in [-0.2, -0.15) is 4.98 Å². The van der Waals surface area contributed by atoms with Crippen LogP contribution < -0.4 is 5.32 Å². The van der Waals surface area contributed by atoms with Crippen molar-refractivity contribution in [1.29, 1.82) is 0 Å². The lowest BCUT2D eigenvalue weighted by Gasteiger charge is -2.01. The Labute approximate surface area is 91.7 Å². The molecule has 84 valence electrons. The van der Waals surface area contributed by atoms with Crippen molar-refractivity contribution in [2.24, 2.45) is 0 Å². The quantitative estimate of drug-likeness (QED) is 0.861. The third-order valence-corrected chi connectivity index (χ3v) is 1.79. The molecular formula is C10H11FN4O. The van der Waals surface area contributed by atoms with E-state index in [4.69, 9.17) is 4.52 Å². The van der Waals surface area contributed by atoms with Crippen molar-refractivity contribution >= 4 is 6.01 Å². The highest BCUT2D eigenvalue weighted by atomic mass is 19.1. The van der Waals surface area contributed by atoms with Gasteiger partial charge in [0.25, 0.3) is 0 Å². The fourth-order valence-electron chi connectivity index (χ4n) is 1.14. The van der Waals surface area contributed by atoms with Gasteiger partial charge in [0.2, 0.25) is 5.82 Å². The van der Waals surface area contributed by atoms with E-state index in [-0.39, 0.29) is 6.04 Å². The highest BCUT2D eigenvalue weighted by Gasteiger charge is 2.09. The summed E-state index contributed by atoms with van der Waals surface area (Å²) in [4.78, 5) is 7.93. The number of hydrogen-bond acceptors (Lipinski definition) is 5. The van der Waals surface area contributed by atoms with E-state index in [1.807, 2.05) is 13.8 Å². The largest absolute Gasteiger partial charge is 0.336 e. The summed E-state index contributed by atoms with van der Waals surface area (Å²) in [5.41, 5.74) is 0.474. The molecule has 0 aromatic carbocycles. The zero-order chi connectivity index (χ0) is 11.5. The maximum absolute atomic E-state index is 12.6. The minimum absolute atomic E-state index is 0.203. The van der Waals surface area contributed by atoms with E-state index in [0.717, 1.165) is 6.20 Å². The van der Waals surface area contributed by atoms with Gasteiger partial charge in [-0.05, 0) is 26.0 Å². The fraction of sp³-hybridized carbons (Fsp3) is 0.300. The zero-order valence-corrected chi connectivity index (χ0v) is 8.94. The van der Waals surface area contributed by atoms with E-state index >= 15 is 0 Å². The third kappa shape index (κ3) is 2.33. The second kappa shape index (κ2) is 4.26. The number of aromatic nitrogens is 3. The van der Waals surface area contributed by atoms with Gasteiger partial charge in [-0.25, -0.2) is 9.37 Å². The summed E-state index contributed by atoms with van der Waals surface area (Å²) >= 11 is 0. The van der Waals surface area contributed by atoms with Crippen molar-refractivity contribution in [3.63, 3.8) is 0 Å². The first-order valence-corrected chi connectivity index (χ1v) is 4.87. The molecule has 0 aliphatic heterocycles. The Morgan fingerprint density at radius 1 is 1.38 bits per heavy atom. The molecule has 0 unspecified atom stereocenters. The molecule has 5 nitrogen and oxygen atoms in total. The van der Waals surface area contributed by atoms with Crippen LogP contribution in [-0.2, 0) is 0 Å². The highest BCUT2D eigenvalue weighted by Crippen LogP contribution is 2.15. The van der Waals surface area contributed by atoms with Crippen LogP contribution in [0.4, 0.5) is 10.4 Å². The van der Waals surface area contributed by atoms with Gasteiger partial charge >= 0.3 is 6.01 Å². The molecule has 0 spiro atoms. The van der Waals surface area contributed by atoms with Crippen LogP contribution in [0, 0.1) is 5.82 Å². The molecule has 0 amide bonds. The first-order valence-electron chi connectivity index (χ1n) is 4.87. The van der Waals surface area contributed by atoms with Crippen LogP contribution in [-0.4, -0.2) is 21.2 Å². The lowest BCUT2D eigenvalue weighted by Crippen LogP contribution is -2.09. The van der Waals surface area contributed by atoms with Gasteiger partial charge < -0.3 is 9.84 Å². The van der Waals surface area contributed by atoms with Gasteiger partial charge in [0, 0.05) is 6.04 Å². The maximum Gasteiger partial charge on any atom is 0.322 e. The van der Waals surface area contributed by atoms with Gasteiger partial charge in [0.1, 0.15) is 11.5 Å². The molecule has 2 rings (SSSR count). The number of nitrogens with zero attached hydrogens (tertiary/aromatic N) is 3. The van der Waals surface area contributed by atoms with Gasteiger partial charge in [-0.1, -0.05) is 5.16 Å². The topological polar surface area (TPSA) is 63.8 Å². The Kier molecular flexibility index (Phi) is 2.80. The van der Waals surface area contributed by atoms with Crippen LogP contribution >= 0.6 is 0 Å². The van der Waals surface area contributed by atoms with E-state index in [2.05, 4.69) is 20.4 Å². The molecule has 2 aromatic heterocycles. The number of rotatable bonds is 3. The average Bonchev–Trinajstić information content (AvgIpc) is 2.66. The lowest BCUT2D eigenvalue weighted by atomic mass is 10.3. The van der Waals surface area contributed by atoms with Crippen molar-refractivity contribution in [3.8, 4) is 11.5 Å². The molecular weight excluding hydrogens is 211 g/mol. The van der Waals surface area contributed by atoms with Gasteiger partial charge in [0.15, 0.2) is 0 Å². The fourth-order valence-corrected chi connectivity index (χ4v) is 1.14. The molecule has 16 heavy (non-hydrogen) atoms. The predicted octanol–water partition coefficient (Wildman–Crippen LogP) is 2.09. The molecule has 0 aliphatic rings. The van der Waals surface area contributed by atoms with Crippen molar-refractivity contribution < 1.29 is 8.91 Å². The third-order valence-electron chi connectivity index (χ3n) is 1.79. The molecule has 0 bridgehead atoms. The smallest absolute Gasteiger partial charge is 0.322 e. The summed E-state index contributed by atoms with van der Waals surface area (Å²) < 4.78 is 17.6. The SMILES string of the molecule is CC(C)Nc1nc(-c2ccc(F)cn2)no1. The van der Waals surface area contributed by atoms with Crippen LogP contribution in [0.1, 0.15) is 13.8 Å². The van der Waals surface area contributed by atoms with Crippen LogP contribution in [0.3, 0.4) is 0 Å². The number of pyridine rings is 1. The summed E-state index contributed by atoms with van der Waals surface area (Å²) in [5, 5.41) is 6.70. The first kappa shape index (κ1) is 10.5. The Bertz CT molecular complexity index is 466. The Hall–Kier alpha value is -1.98. The lowest BCUT2D eigenvalue weighted by molar-refractivity contribution is 0.429. The van der Waals surface area contributed by atoms with Crippen LogP contribution in [0.25, 0.3) is 11.5 Å². The highest BCUT2D eigenvalue weighted by molar-refractivity contribution is 5.49. The molecule has 0 saturated carbocycles. The predicted molar refractivity (Wildman–Crippen MR) is 56.2 cm³/mol. The summed E-state index contributed by atoms with van der Waals surface area (Å²) in [6, 6.07) is 3.33. The number of hydrogen-bond donors (Lipinski definition) is 1. The molecule has 2 heterocycles. The molecule has 0 fully saturated rings. The van der Waals surface area contributed by atoms with Crippen LogP contribution in [0.15, 0.2) is 22.9 Å². The number of anilines is 1. The summed E-state index contributed by atoms with van der Waals surface area (Å²) in [7, 11) is 0. The van der Waals surface area contributed by atoms with Crippen LogP contribution in [0.5, 0.6) is 0 Å². The van der Waals surface area contributed by atoms with E-state index < -0.39 is 5.82 Å². The van der Waals surface area contributed by atoms with E-state index in [0.29, 0.717) is 17.5 Å². The normalized spacial score (nSPS) is 10.8. The standard InChI is InChI=1S/C10H11FN4O/c1-6(2)13-10-14-9(15-16-10)8-4-3-7(11)5-12-8/h3-6H,1-2H3,(H,13,14,15). The maximum atomic E-state index is 12.6. The molecule has 2 aromatic rings. The Balaban J connectivity index is 2.21. The van der Waals surface area contributed by atoms with Gasteiger partial charge in [-0.3, -0.25) is 0 Å². The van der Waals surface area contributed by atoms with Crippen LogP contribution in [0.2, 0.25) is 0 Å². The van der Waals surface area contributed by atoms with Crippen molar-refractivity contribution in [2.75, 3.05) is 5.32 Å². The summed E-state index contributed by atoms with van der Waals surface area (Å²) in [6.07, 6.45) is 1.11. The van der Waals surface area contributed by atoms with Crippen molar-refractivity contribution in [2.45, 2.75) is 19.9 Å². The molecule has 0 radical (unpaired) electrons. The number of halogens is 1. The molecule has 6 heteroatoms. The molecule has 1 N–H and O–H groups in total. The van der Waals surface area contributed by atoms with Gasteiger partial charge in [-0.15, -0.1) is 0 Å². The molecule has 0 saturated heterocycles. The minimum Gasteiger partial charge on any atom is -0.336 e. The second-order valence-corrected chi connectivity index (χ2v) is 3.58. The van der Waals surface area contributed by atoms with Crippen molar-refractivity contribution in [3.05, 3.63) is 24.1 Å². The molecule has 0 atom stereocenters.